The highest BCUT2D eigenvalue weighted by atomic mass is 32.1. The van der Waals surface area contributed by atoms with Crippen LogP contribution in [0.25, 0.3) is 10.2 Å². The van der Waals surface area contributed by atoms with Gasteiger partial charge in [0.1, 0.15) is 0 Å². The van der Waals surface area contributed by atoms with E-state index >= 15 is 0 Å². The molecule has 0 fully saturated rings. The highest BCUT2D eigenvalue weighted by Crippen LogP contribution is 2.28. The Hall–Kier alpha value is -0.900. The van der Waals surface area contributed by atoms with Gasteiger partial charge in [0.25, 0.3) is 0 Å². The zero-order chi connectivity index (χ0) is 8.01. The van der Waals surface area contributed by atoms with Crippen molar-refractivity contribution in [3.8, 4) is 0 Å². The van der Waals surface area contributed by atoms with Gasteiger partial charge in [0.2, 0.25) is 5.13 Å². The Morgan fingerprint density at radius 2 is 2.18 bits per heavy atom. The molecule has 0 bridgehead atoms. The summed E-state index contributed by atoms with van der Waals surface area (Å²) in [6.45, 7) is 1.81. The standard InChI is InChI=1S/C7H5F2NS/c1-3-2-4-6(10-3)5(8)7(9)11-4/h2,10H,1H3. The quantitative estimate of drug-likeness (QED) is 0.630. The zero-order valence-corrected chi connectivity index (χ0v) is 6.56. The van der Waals surface area contributed by atoms with Gasteiger partial charge >= 0.3 is 0 Å². The minimum atomic E-state index is -0.766. The number of hydrogen-bond donors (Lipinski definition) is 1. The van der Waals surface area contributed by atoms with Crippen molar-refractivity contribution in [2.45, 2.75) is 6.92 Å². The van der Waals surface area contributed by atoms with E-state index in [-0.39, 0.29) is 5.52 Å². The Labute approximate surface area is 65.7 Å². The van der Waals surface area contributed by atoms with Crippen molar-refractivity contribution in [3.05, 3.63) is 22.7 Å². The molecule has 58 valence electrons. The maximum atomic E-state index is 12.8. The van der Waals surface area contributed by atoms with E-state index in [0.29, 0.717) is 4.70 Å². The zero-order valence-electron chi connectivity index (χ0n) is 5.74. The SMILES string of the molecule is Cc1cc2sc(F)c(F)c2[nH]1. The molecule has 0 aliphatic carbocycles. The van der Waals surface area contributed by atoms with Gasteiger partial charge in [-0.2, -0.15) is 4.39 Å². The molecule has 0 atom stereocenters. The summed E-state index contributed by atoms with van der Waals surface area (Å²) in [5, 5.41) is -0.744. The highest BCUT2D eigenvalue weighted by Gasteiger charge is 2.12. The van der Waals surface area contributed by atoms with Crippen LogP contribution in [0.1, 0.15) is 5.69 Å². The summed E-state index contributed by atoms with van der Waals surface area (Å²) in [5.41, 5.74) is 1.13. The number of rotatable bonds is 0. The summed E-state index contributed by atoms with van der Waals surface area (Å²) < 4.78 is 25.9. The van der Waals surface area contributed by atoms with Crippen LogP contribution in [0.4, 0.5) is 8.78 Å². The van der Waals surface area contributed by atoms with Crippen molar-refractivity contribution < 1.29 is 8.78 Å². The first kappa shape index (κ1) is 6.79. The minimum absolute atomic E-state index is 0.282. The van der Waals surface area contributed by atoms with Crippen molar-refractivity contribution in [3.63, 3.8) is 0 Å². The number of halogens is 2. The van der Waals surface area contributed by atoms with Crippen LogP contribution in [0, 0.1) is 17.9 Å². The average Bonchev–Trinajstić information content (AvgIpc) is 2.37. The first-order valence-corrected chi connectivity index (χ1v) is 3.93. The average molecular weight is 173 g/mol. The van der Waals surface area contributed by atoms with E-state index in [4.69, 9.17) is 0 Å². The number of fused-ring (bicyclic) bond motifs is 1. The van der Waals surface area contributed by atoms with E-state index < -0.39 is 10.9 Å². The Kier molecular flexibility index (Phi) is 1.26. The van der Waals surface area contributed by atoms with Crippen LogP contribution in [0.3, 0.4) is 0 Å². The van der Waals surface area contributed by atoms with Gasteiger partial charge in [0.05, 0.1) is 10.2 Å². The van der Waals surface area contributed by atoms with Crippen molar-refractivity contribution in [2.75, 3.05) is 0 Å². The normalized spacial score (nSPS) is 11.2. The first-order valence-electron chi connectivity index (χ1n) is 3.11. The maximum absolute atomic E-state index is 12.8. The summed E-state index contributed by atoms with van der Waals surface area (Å²) >= 11 is 0.827. The summed E-state index contributed by atoms with van der Waals surface area (Å²) in [5.74, 6) is -0.766. The molecule has 2 aromatic rings. The van der Waals surface area contributed by atoms with E-state index in [1.807, 2.05) is 6.92 Å². The van der Waals surface area contributed by atoms with E-state index in [2.05, 4.69) is 4.98 Å². The molecular weight excluding hydrogens is 168 g/mol. The van der Waals surface area contributed by atoms with Gasteiger partial charge in [-0.15, -0.1) is 11.3 Å². The molecule has 0 saturated heterocycles. The van der Waals surface area contributed by atoms with Gasteiger partial charge in [0, 0.05) is 5.69 Å². The molecule has 11 heavy (non-hydrogen) atoms. The Bertz CT molecular complexity index is 402. The van der Waals surface area contributed by atoms with Gasteiger partial charge in [-0.1, -0.05) is 0 Å². The van der Waals surface area contributed by atoms with Crippen molar-refractivity contribution in [1.29, 1.82) is 0 Å². The molecule has 0 aliphatic rings. The predicted molar refractivity (Wildman–Crippen MR) is 40.8 cm³/mol. The Morgan fingerprint density at radius 3 is 2.82 bits per heavy atom. The fraction of sp³-hybridized carbons (Fsp3) is 0.143. The largest absolute Gasteiger partial charge is 0.355 e. The predicted octanol–water partition coefficient (Wildman–Crippen LogP) is 2.82. The van der Waals surface area contributed by atoms with Gasteiger partial charge in [-0.25, -0.2) is 4.39 Å². The van der Waals surface area contributed by atoms with Crippen LogP contribution in [0.5, 0.6) is 0 Å². The number of hydrogen-bond acceptors (Lipinski definition) is 1. The number of thiophene rings is 1. The first-order chi connectivity index (χ1) is 5.18. The third kappa shape index (κ3) is 0.860. The van der Waals surface area contributed by atoms with Crippen LogP contribution in [0.2, 0.25) is 0 Å². The lowest BCUT2D eigenvalue weighted by molar-refractivity contribution is 0.536. The Balaban J connectivity index is 2.88. The third-order valence-electron chi connectivity index (χ3n) is 1.51. The van der Waals surface area contributed by atoms with Crippen LogP contribution in [-0.2, 0) is 0 Å². The summed E-state index contributed by atoms with van der Waals surface area (Å²) in [6.07, 6.45) is 0. The number of H-pyrrole nitrogens is 1. The van der Waals surface area contributed by atoms with Crippen LogP contribution < -0.4 is 0 Å². The smallest absolute Gasteiger partial charge is 0.215 e. The van der Waals surface area contributed by atoms with Crippen molar-refractivity contribution in [1.82, 2.24) is 4.98 Å². The summed E-state index contributed by atoms with van der Waals surface area (Å²) in [7, 11) is 0. The minimum Gasteiger partial charge on any atom is -0.355 e. The van der Waals surface area contributed by atoms with E-state index in [1.54, 1.807) is 6.07 Å². The summed E-state index contributed by atoms with van der Waals surface area (Å²) in [4.78, 5) is 2.74. The molecule has 0 spiro atoms. The second kappa shape index (κ2) is 2.04. The second-order valence-electron chi connectivity index (χ2n) is 2.38. The fourth-order valence-corrected chi connectivity index (χ4v) is 1.91. The molecule has 0 aliphatic heterocycles. The van der Waals surface area contributed by atoms with Gasteiger partial charge in [0.15, 0.2) is 5.82 Å². The van der Waals surface area contributed by atoms with Crippen molar-refractivity contribution in [2.24, 2.45) is 0 Å². The van der Waals surface area contributed by atoms with E-state index in [1.165, 1.54) is 0 Å². The highest BCUT2D eigenvalue weighted by molar-refractivity contribution is 7.17. The van der Waals surface area contributed by atoms with Crippen LogP contribution >= 0.6 is 11.3 Å². The molecule has 0 unspecified atom stereocenters. The maximum Gasteiger partial charge on any atom is 0.215 e. The molecule has 0 radical (unpaired) electrons. The number of aryl methyl sites for hydroxylation is 1. The van der Waals surface area contributed by atoms with Gasteiger partial charge in [-0.05, 0) is 13.0 Å². The summed E-state index contributed by atoms with van der Waals surface area (Å²) in [6, 6.07) is 1.73. The molecule has 1 nitrogen and oxygen atoms in total. The molecular formula is C7H5F2NS. The molecule has 2 heterocycles. The molecule has 0 amide bonds. The van der Waals surface area contributed by atoms with Gasteiger partial charge < -0.3 is 4.98 Å². The van der Waals surface area contributed by atoms with E-state index in [0.717, 1.165) is 17.0 Å². The molecule has 2 aromatic heterocycles. The lowest BCUT2D eigenvalue weighted by Gasteiger charge is -1.80. The molecule has 4 heteroatoms. The molecule has 0 saturated carbocycles. The molecule has 2 rings (SSSR count). The lowest BCUT2D eigenvalue weighted by atomic mass is 10.5. The molecule has 0 aromatic carbocycles. The van der Waals surface area contributed by atoms with E-state index in [9.17, 15) is 8.78 Å². The topological polar surface area (TPSA) is 15.8 Å². The number of aromatic nitrogens is 1. The second-order valence-corrected chi connectivity index (χ2v) is 3.38. The molecule has 1 N–H and O–H groups in total. The number of nitrogens with one attached hydrogen (secondary N) is 1. The monoisotopic (exact) mass is 173 g/mol. The van der Waals surface area contributed by atoms with Crippen molar-refractivity contribution >= 4 is 21.6 Å². The fourth-order valence-electron chi connectivity index (χ4n) is 1.05. The number of aromatic amines is 1. The lowest BCUT2D eigenvalue weighted by Crippen LogP contribution is -1.74. The third-order valence-corrected chi connectivity index (χ3v) is 2.41. The van der Waals surface area contributed by atoms with Crippen LogP contribution in [0.15, 0.2) is 6.07 Å². The Morgan fingerprint density at radius 1 is 1.45 bits per heavy atom. The van der Waals surface area contributed by atoms with Crippen LogP contribution in [-0.4, -0.2) is 4.98 Å². The van der Waals surface area contributed by atoms with Gasteiger partial charge in [-0.3, -0.25) is 0 Å².